The second kappa shape index (κ2) is 11.0. The summed E-state index contributed by atoms with van der Waals surface area (Å²) in [7, 11) is 0. The second-order valence-electron chi connectivity index (χ2n) is 13.9. The van der Waals surface area contributed by atoms with Gasteiger partial charge in [0.05, 0.1) is 22.1 Å². The molecule has 8 aromatic carbocycles. The molecule has 0 aliphatic rings. The Labute approximate surface area is 308 Å². The molecule has 6 nitrogen and oxygen atoms in total. The summed E-state index contributed by atoms with van der Waals surface area (Å²) in [5, 5.41) is 11.6. The molecule has 0 aliphatic heterocycles. The van der Waals surface area contributed by atoms with Crippen LogP contribution in [0.4, 0.5) is 0 Å². The van der Waals surface area contributed by atoms with Crippen molar-refractivity contribution in [2.75, 3.05) is 0 Å². The molecule has 0 unspecified atom stereocenters. The number of rotatable bonds is 4. The monoisotopic (exact) mass is 688 g/mol. The largest absolute Gasteiger partial charge is 0.292 e. The topological polar surface area (TPSA) is 61.4 Å². The summed E-state index contributed by atoms with van der Waals surface area (Å²) in [6, 6.07) is 57.7. The molecule has 250 valence electrons. The predicted octanol–water partition coefficient (Wildman–Crippen LogP) is 11.7. The minimum absolute atomic E-state index is 0.562. The van der Waals surface area contributed by atoms with E-state index in [4.69, 9.17) is 19.9 Å². The fraction of sp³-hybridized carbons (Fsp3) is 0. The van der Waals surface area contributed by atoms with Crippen LogP contribution in [0.1, 0.15) is 0 Å². The van der Waals surface area contributed by atoms with Crippen LogP contribution < -0.4 is 0 Å². The molecular formula is C48H28N6. The van der Waals surface area contributed by atoms with Gasteiger partial charge in [-0.3, -0.25) is 9.13 Å². The van der Waals surface area contributed by atoms with E-state index in [-0.39, 0.29) is 0 Å². The zero-order valence-corrected chi connectivity index (χ0v) is 28.8. The van der Waals surface area contributed by atoms with Crippen LogP contribution in [0.3, 0.4) is 0 Å². The van der Waals surface area contributed by atoms with Gasteiger partial charge in [0.25, 0.3) is 0 Å². The molecule has 4 aromatic heterocycles. The molecule has 0 aliphatic carbocycles. The first-order chi connectivity index (χ1) is 26.8. The number of aromatic nitrogens is 6. The molecule has 6 heteroatoms. The van der Waals surface area contributed by atoms with Gasteiger partial charge in [0, 0.05) is 38.9 Å². The molecule has 0 atom stereocenters. The maximum Gasteiger partial charge on any atom is 0.238 e. The second-order valence-corrected chi connectivity index (χ2v) is 13.9. The van der Waals surface area contributed by atoms with Crippen molar-refractivity contribution in [1.29, 1.82) is 0 Å². The lowest BCUT2D eigenvalue weighted by atomic mass is 10.00. The molecule has 0 spiro atoms. The Morgan fingerprint density at radius 2 is 0.981 bits per heavy atom. The normalized spacial score (nSPS) is 12.1. The van der Waals surface area contributed by atoms with Crippen molar-refractivity contribution in [2.45, 2.75) is 0 Å². The lowest BCUT2D eigenvalue weighted by Gasteiger charge is -2.13. The quantitative estimate of drug-likeness (QED) is 0.173. The predicted molar refractivity (Wildman–Crippen MR) is 221 cm³/mol. The number of fused-ring (bicyclic) bond motifs is 6. The number of para-hydroxylation sites is 1. The van der Waals surface area contributed by atoms with E-state index in [0.717, 1.165) is 60.6 Å². The molecular weight excluding hydrogens is 661 g/mol. The zero-order chi connectivity index (χ0) is 35.3. The zero-order valence-electron chi connectivity index (χ0n) is 28.8. The van der Waals surface area contributed by atoms with E-state index in [9.17, 15) is 0 Å². The van der Waals surface area contributed by atoms with Crippen LogP contribution in [0.25, 0.3) is 110 Å². The molecule has 0 amide bonds. The molecule has 0 radical (unpaired) electrons. The van der Waals surface area contributed by atoms with Crippen molar-refractivity contribution in [3.8, 4) is 34.5 Å². The van der Waals surface area contributed by atoms with E-state index in [1.54, 1.807) is 0 Å². The molecule has 12 aromatic rings. The van der Waals surface area contributed by atoms with Crippen LogP contribution in [-0.2, 0) is 0 Å². The van der Waals surface area contributed by atoms with E-state index >= 15 is 0 Å². The van der Waals surface area contributed by atoms with E-state index in [1.807, 2.05) is 18.3 Å². The average molecular weight is 689 g/mol. The minimum atomic E-state index is 0.562. The van der Waals surface area contributed by atoms with E-state index in [1.165, 1.54) is 32.3 Å². The van der Waals surface area contributed by atoms with Gasteiger partial charge in [0.2, 0.25) is 5.95 Å². The van der Waals surface area contributed by atoms with Crippen LogP contribution in [-0.4, -0.2) is 29.1 Å². The lowest BCUT2D eigenvalue weighted by Crippen LogP contribution is -2.07. The summed E-state index contributed by atoms with van der Waals surface area (Å²) >= 11 is 0. The first-order valence-electron chi connectivity index (χ1n) is 18.1. The van der Waals surface area contributed by atoms with Crippen molar-refractivity contribution in [3.05, 3.63) is 170 Å². The lowest BCUT2D eigenvalue weighted by molar-refractivity contribution is 0.953. The smallest absolute Gasteiger partial charge is 0.238 e. The molecule has 0 N–H and O–H groups in total. The Morgan fingerprint density at radius 3 is 1.70 bits per heavy atom. The first-order valence-corrected chi connectivity index (χ1v) is 18.1. The highest BCUT2D eigenvalue weighted by Crippen LogP contribution is 2.45. The third kappa shape index (κ3) is 4.16. The number of hydrogen-bond acceptors (Lipinski definition) is 4. The van der Waals surface area contributed by atoms with Crippen molar-refractivity contribution in [2.24, 2.45) is 0 Å². The number of pyridine rings is 1. The first kappa shape index (κ1) is 29.2. The third-order valence-electron chi connectivity index (χ3n) is 10.9. The summed E-state index contributed by atoms with van der Waals surface area (Å²) in [4.78, 5) is 20.9. The summed E-state index contributed by atoms with van der Waals surface area (Å²) in [6.45, 7) is 0. The van der Waals surface area contributed by atoms with Crippen LogP contribution in [0.2, 0.25) is 0 Å². The SMILES string of the molecule is c1ccc(-n2c3ccccc3c3cc4ccc5cccc6c5c4c(c32)n6-c2nc(-c3ccc4ccccc4c3)nc(-c3ccc4ccccc4c3)n2)nc1. The maximum atomic E-state index is 5.38. The molecule has 12 rings (SSSR count). The summed E-state index contributed by atoms with van der Waals surface area (Å²) < 4.78 is 4.56. The van der Waals surface area contributed by atoms with E-state index < -0.39 is 0 Å². The van der Waals surface area contributed by atoms with Crippen molar-refractivity contribution in [3.63, 3.8) is 0 Å². The van der Waals surface area contributed by atoms with Crippen LogP contribution >= 0.6 is 0 Å². The fourth-order valence-electron chi connectivity index (χ4n) is 8.51. The molecule has 0 saturated heterocycles. The summed E-state index contributed by atoms with van der Waals surface area (Å²) in [5.74, 6) is 2.65. The Morgan fingerprint density at radius 1 is 0.370 bits per heavy atom. The molecule has 0 saturated carbocycles. The van der Waals surface area contributed by atoms with E-state index in [2.05, 4.69) is 161 Å². The number of hydrogen-bond donors (Lipinski definition) is 0. The van der Waals surface area contributed by atoms with Crippen molar-refractivity contribution >= 4 is 75.9 Å². The van der Waals surface area contributed by atoms with Gasteiger partial charge < -0.3 is 0 Å². The Kier molecular flexibility index (Phi) is 5.96. The highest BCUT2D eigenvalue weighted by Gasteiger charge is 2.26. The minimum Gasteiger partial charge on any atom is -0.292 e. The van der Waals surface area contributed by atoms with Gasteiger partial charge in [-0.2, -0.15) is 9.97 Å². The highest BCUT2D eigenvalue weighted by molar-refractivity contribution is 6.32. The Balaban J connectivity index is 1.25. The van der Waals surface area contributed by atoms with Gasteiger partial charge in [-0.25, -0.2) is 9.97 Å². The summed E-state index contributed by atoms with van der Waals surface area (Å²) in [6.07, 6.45) is 1.86. The molecule has 4 heterocycles. The van der Waals surface area contributed by atoms with Gasteiger partial charge in [0.1, 0.15) is 5.82 Å². The van der Waals surface area contributed by atoms with Gasteiger partial charge in [-0.1, -0.05) is 121 Å². The Hall–Kier alpha value is -7.44. The van der Waals surface area contributed by atoms with Gasteiger partial charge in [-0.05, 0) is 74.8 Å². The number of nitrogens with zero attached hydrogens (tertiary/aromatic N) is 6. The number of benzene rings is 8. The van der Waals surface area contributed by atoms with Gasteiger partial charge in [0.15, 0.2) is 11.6 Å². The maximum absolute atomic E-state index is 5.38. The standard InChI is InChI=1S/C48H28N6/c1-3-12-32-26-35(23-19-29(32)10-1)46-50-47(36-24-20-30-11-2-4-13-33(30)27-36)52-48(51-46)54-40-17-9-14-31-21-22-34-28-38-37-15-5-6-16-39(37)53(41-18-7-8-25-49-41)44(38)45(54)43(34)42(31)40/h1-28H. The van der Waals surface area contributed by atoms with Gasteiger partial charge >= 0.3 is 0 Å². The highest BCUT2D eigenvalue weighted by atomic mass is 15.2. The van der Waals surface area contributed by atoms with Crippen molar-refractivity contribution < 1.29 is 0 Å². The van der Waals surface area contributed by atoms with Gasteiger partial charge in [-0.15, -0.1) is 0 Å². The van der Waals surface area contributed by atoms with E-state index in [0.29, 0.717) is 17.6 Å². The fourth-order valence-corrected chi connectivity index (χ4v) is 8.51. The molecule has 54 heavy (non-hydrogen) atoms. The third-order valence-corrected chi connectivity index (χ3v) is 10.9. The Bertz CT molecular complexity index is 3350. The molecule has 0 fully saturated rings. The van der Waals surface area contributed by atoms with Crippen LogP contribution in [0.5, 0.6) is 0 Å². The molecule has 0 bridgehead atoms. The summed E-state index contributed by atoms with van der Waals surface area (Å²) in [5.41, 5.74) is 6.09. The van der Waals surface area contributed by atoms with Crippen molar-refractivity contribution in [1.82, 2.24) is 29.1 Å². The average Bonchev–Trinajstić information content (AvgIpc) is 3.77. The van der Waals surface area contributed by atoms with Crippen LogP contribution in [0, 0.1) is 0 Å². The van der Waals surface area contributed by atoms with Crippen LogP contribution in [0.15, 0.2) is 170 Å².